The fourth-order valence-corrected chi connectivity index (χ4v) is 1.38. The summed E-state index contributed by atoms with van der Waals surface area (Å²) >= 11 is 5.89. The van der Waals surface area contributed by atoms with Gasteiger partial charge < -0.3 is 10.5 Å². The molecule has 84 valence electrons. The van der Waals surface area contributed by atoms with Crippen LogP contribution in [0.15, 0.2) is 12.1 Å². The molecular weight excluding hydrogens is 226 g/mol. The minimum atomic E-state index is -0.548. The highest BCUT2D eigenvalue weighted by Crippen LogP contribution is 2.23. The zero-order chi connectivity index (χ0) is 12.1. The molecule has 4 heteroatoms. The number of anilines is 1. The van der Waals surface area contributed by atoms with Crippen molar-refractivity contribution in [1.82, 2.24) is 0 Å². The standard InChI is InChI=1S/C12H12ClNO2/c1-3-16-11(15)5-4-9-6-8(2)12(14)10(13)7-9/h6-7H,3,14H2,1-2H3. The van der Waals surface area contributed by atoms with Crippen molar-refractivity contribution < 1.29 is 9.53 Å². The molecule has 16 heavy (non-hydrogen) atoms. The fourth-order valence-electron chi connectivity index (χ4n) is 1.12. The van der Waals surface area contributed by atoms with Crippen molar-refractivity contribution in [2.24, 2.45) is 0 Å². The molecule has 1 aromatic rings. The fraction of sp³-hybridized carbons (Fsp3) is 0.250. The van der Waals surface area contributed by atoms with Crippen LogP contribution in [0.25, 0.3) is 0 Å². The van der Waals surface area contributed by atoms with E-state index >= 15 is 0 Å². The van der Waals surface area contributed by atoms with E-state index in [4.69, 9.17) is 17.3 Å². The van der Waals surface area contributed by atoms with Gasteiger partial charge in [0.05, 0.1) is 17.3 Å². The molecule has 0 saturated heterocycles. The number of ether oxygens (including phenoxy) is 1. The second-order valence-corrected chi connectivity index (χ2v) is 3.57. The quantitative estimate of drug-likeness (QED) is 0.463. The van der Waals surface area contributed by atoms with Crippen molar-refractivity contribution in [1.29, 1.82) is 0 Å². The largest absolute Gasteiger partial charge is 0.456 e. The SMILES string of the molecule is CCOC(=O)C#Cc1cc(C)c(N)c(Cl)c1. The summed E-state index contributed by atoms with van der Waals surface area (Å²) in [5, 5.41) is 0.438. The van der Waals surface area contributed by atoms with Gasteiger partial charge in [0.25, 0.3) is 0 Å². The zero-order valence-corrected chi connectivity index (χ0v) is 9.89. The minimum Gasteiger partial charge on any atom is -0.456 e. The highest BCUT2D eigenvalue weighted by Gasteiger charge is 2.01. The Bertz CT molecular complexity index is 449. The van der Waals surface area contributed by atoms with Gasteiger partial charge in [-0.15, -0.1) is 0 Å². The Balaban J connectivity index is 2.94. The van der Waals surface area contributed by atoms with Crippen molar-refractivity contribution in [2.75, 3.05) is 12.3 Å². The number of aryl methyl sites for hydroxylation is 1. The van der Waals surface area contributed by atoms with Crippen LogP contribution in [0.1, 0.15) is 18.1 Å². The minimum absolute atomic E-state index is 0.315. The number of nitrogen functional groups attached to an aromatic ring is 1. The highest BCUT2D eigenvalue weighted by atomic mass is 35.5. The average Bonchev–Trinajstić information content (AvgIpc) is 2.23. The lowest BCUT2D eigenvalue weighted by Crippen LogP contribution is -1.99. The molecule has 0 amide bonds. The summed E-state index contributed by atoms with van der Waals surface area (Å²) in [7, 11) is 0. The van der Waals surface area contributed by atoms with Gasteiger partial charge in [-0.25, -0.2) is 4.79 Å². The molecule has 0 radical (unpaired) electrons. The van der Waals surface area contributed by atoms with Crippen molar-refractivity contribution >= 4 is 23.3 Å². The van der Waals surface area contributed by atoms with Crippen LogP contribution in [0.2, 0.25) is 5.02 Å². The Morgan fingerprint density at radius 2 is 2.25 bits per heavy atom. The molecule has 0 aliphatic heterocycles. The Labute approximate surface area is 99.5 Å². The molecule has 0 unspecified atom stereocenters. The molecule has 1 rings (SSSR count). The molecule has 2 N–H and O–H groups in total. The number of esters is 1. The number of hydrogen-bond donors (Lipinski definition) is 1. The smallest absolute Gasteiger partial charge is 0.384 e. The van der Waals surface area contributed by atoms with E-state index in [0.717, 1.165) is 5.56 Å². The van der Waals surface area contributed by atoms with E-state index < -0.39 is 5.97 Å². The molecule has 0 spiro atoms. The van der Waals surface area contributed by atoms with Gasteiger partial charge in [-0.1, -0.05) is 17.5 Å². The van der Waals surface area contributed by atoms with Crippen molar-refractivity contribution in [3.63, 3.8) is 0 Å². The van der Waals surface area contributed by atoms with Crippen LogP contribution < -0.4 is 5.73 Å². The maximum atomic E-state index is 11.0. The molecule has 3 nitrogen and oxygen atoms in total. The summed E-state index contributed by atoms with van der Waals surface area (Å²) in [4.78, 5) is 11.0. The lowest BCUT2D eigenvalue weighted by atomic mass is 10.1. The average molecular weight is 238 g/mol. The predicted octanol–water partition coefficient (Wildman–Crippen LogP) is 2.15. The van der Waals surface area contributed by atoms with Gasteiger partial charge in [-0.2, -0.15) is 0 Å². The van der Waals surface area contributed by atoms with E-state index in [1.165, 1.54) is 0 Å². The first-order valence-electron chi connectivity index (χ1n) is 4.79. The number of carbonyl (C=O) groups excluding carboxylic acids is 1. The van der Waals surface area contributed by atoms with E-state index in [2.05, 4.69) is 16.6 Å². The molecule has 0 atom stereocenters. The third kappa shape index (κ3) is 3.18. The molecular formula is C12H12ClNO2. The maximum absolute atomic E-state index is 11.0. The summed E-state index contributed by atoms with van der Waals surface area (Å²) < 4.78 is 4.68. The van der Waals surface area contributed by atoms with Crippen LogP contribution in [0, 0.1) is 18.8 Å². The van der Waals surface area contributed by atoms with Gasteiger partial charge in [0, 0.05) is 11.5 Å². The van der Waals surface area contributed by atoms with Crippen LogP contribution in [-0.2, 0) is 9.53 Å². The van der Waals surface area contributed by atoms with Crippen molar-refractivity contribution in [2.45, 2.75) is 13.8 Å². The molecule has 0 aliphatic carbocycles. The Morgan fingerprint density at radius 3 is 2.81 bits per heavy atom. The van der Waals surface area contributed by atoms with E-state index in [9.17, 15) is 4.79 Å². The predicted molar refractivity (Wildman–Crippen MR) is 64.1 cm³/mol. The Morgan fingerprint density at radius 1 is 1.56 bits per heavy atom. The highest BCUT2D eigenvalue weighted by molar-refractivity contribution is 6.33. The van der Waals surface area contributed by atoms with E-state index in [0.29, 0.717) is 22.9 Å². The van der Waals surface area contributed by atoms with Crippen LogP contribution >= 0.6 is 11.6 Å². The third-order valence-electron chi connectivity index (χ3n) is 1.92. The first kappa shape index (κ1) is 12.4. The molecule has 0 fully saturated rings. The van der Waals surface area contributed by atoms with Gasteiger partial charge in [0.2, 0.25) is 0 Å². The van der Waals surface area contributed by atoms with E-state index in [-0.39, 0.29) is 0 Å². The number of hydrogen-bond acceptors (Lipinski definition) is 3. The number of halogens is 1. The second kappa shape index (κ2) is 5.43. The maximum Gasteiger partial charge on any atom is 0.384 e. The van der Waals surface area contributed by atoms with Gasteiger partial charge in [0.15, 0.2) is 0 Å². The number of nitrogens with two attached hydrogens (primary N) is 1. The summed E-state index contributed by atoms with van der Waals surface area (Å²) in [6.45, 7) is 3.87. The summed E-state index contributed by atoms with van der Waals surface area (Å²) in [5.41, 5.74) is 7.69. The Kier molecular flexibility index (Phi) is 4.21. The summed E-state index contributed by atoms with van der Waals surface area (Å²) in [6.07, 6.45) is 0. The van der Waals surface area contributed by atoms with Crippen molar-refractivity contribution in [3.8, 4) is 11.8 Å². The van der Waals surface area contributed by atoms with Gasteiger partial charge >= 0.3 is 5.97 Å². The van der Waals surface area contributed by atoms with Gasteiger partial charge in [-0.3, -0.25) is 0 Å². The van der Waals surface area contributed by atoms with Crippen molar-refractivity contribution in [3.05, 3.63) is 28.3 Å². The van der Waals surface area contributed by atoms with Crippen LogP contribution in [-0.4, -0.2) is 12.6 Å². The van der Waals surface area contributed by atoms with Gasteiger partial charge in [0.1, 0.15) is 0 Å². The van der Waals surface area contributed by atoms with E-state index in [1.54, 1.807) is 19.1 Å². The van der Waals surface area contributed by atoms with E-state index in [1.807, 2.05) is 6.92 Å². The lowest BCUT2D eigenvalue weighted by molar-refractivity contribution is -0.136. The normalized spacial score (nSPS) is 9.19. The number of benzene rings is 1. The zero-order valence-electron chi connectivity index (χ0n) is 9.13. The monoisotopic (exact) mass is 237 g/mol. The molecule has 0 aromatic heterocycles. The summed E-state index contributed by atoms with van der Waals surface area (Å²) in [6, 6.07) is 3.39. The number of carbonyl (C=O) groups is 1. The summed E-state index contributed by atoms with van der Waals surface area (Å²) in [5.74, 6) is 4.49. The third-order valence-corrected chi connectivity index (χ3v) is 2.23. The lowest BCUT2D eigenvalue weighted by Gasteiger charge is -2.02. The second-order valence-electron chi connectivity index (χ2n) is 3.16. The van der Waals surface area contributed by atoms with Crippen LogP contribution in [0.4, 0.5) is 5.69 Å². The molecule has 0 bridgehead atoms. The Hall–Kier alpha value is -1.66. The number of rotatable bonds is 1. The van der Waals surface area contributed by atoms with Crippen LogP contribution in [0.5, 0.6) is 0 Å². The molecule has 0 heterocycles. The van der Waals surface area contributed by atoms with Gasteiger partial charge in [-0.05, 0) is 31.5 Å². The topological polar surface area (TPSA) is 52.3 Å². The molecule has 0 saturated carbocycles. The first-order valence-corrected chi connectivity index (χ1v) is 5.16. The van der Waals surface area contributed by atoms with Crippen LogP contribution in [0.3, 0.4) is 0 Å². The molecule has 0 aliphatic rings. The molecule has 1 aromatic carbocycles. The first-order chi connectivity index (χ1) is 7.54.